The van der Waals surface area contributed by atoms with E-state index in [2.05, 4.69) is 5.10 Å². The first-order chi connectivity index (χ1) is 7.72. The summed E-state index contributed by atoms with van der Waals surface area (Å²) in [6.07, 6.45) is 0.981. The molecule has 1 amide bonds. The number of benzene rings is 1. The predicted molar refractivity (Wildman–Crippen MR) is 64.7 cm³/mol. The topological polar surface area (TPSA) is 58.7 Å². The van der Waals surface area contributed by atoms with Crippen LogP contribution in [0.4, 0.5) is 5.69 Å². The van der Waals surface area contributed by atoms with E-state index in [0.29, 0.717) is 30.1 Å². The van der Waals surface area contributed by atoms with Crippen molar-refractivity contribution in [2.24, 2.45) is 10.8 Å². The SMILES string of the molecule is NCCC1=NN(c2ccccc2Cl)C(=O)C1. The van der Waals surface area contributed by atoms with Crippen molar-refractivity contribution in [3.05, 3.63) is 29.3 Å². The third-order valence-electron chi connectivity index (χ3n) is 2.35. The maximum absolute atomic E-state index is 11.7. The Kier molecular flexibility index (Phi) is 3.22. The number of para-hydroxylation sites is 1. The van der Waals surface area contributed by atoms with Crippen LogP contribution >= 0.6 is 11.6 Å². The molecule has 16 heavy (non-hydrogen) atoms. The summed E-state index contributed by atoms with van der Waals surface area (Å²) in [5, 5.41) is 6.10. The molecule has 0 unspecified atom stereocenters. The second kappa shape index (κ2) is 4.63. The van der Waals surface area contributed by atoms with Crippen LogP contribution in [-0.2, 0) is 4.79 Å². The number of nitrogens with two attached hydrogens (primary N) is 1. The summed E-state index contributed by atoms with van der Waals surface area (Å²) >= 11 is 6.01. The number of hydrogen-bond acceptors (Lipinski definition) is 3. The Labute approximate surface area is 98.7 Å². The van der Waals surface area contributed by atoms with E-state index in [4.69, 9.17) is 17.3 Å². The van der Waals surface area contributed by atoms with E-state index in [9.17, 15) is 4.79 Å². The molecule has 0 saturated heterocycles. The number of rotatable bonds is 3. The van der Waals surface area contributed by atoms with Crippen molar-refractivity contribution in [2.45, 2.75) is 12.8 Å². The van der Waals surface area contributed by atoms with Gasteiger partial charge in [0.15, 0.2) is 0 Å². The molecule has 0 atom stereocenters. The zero-order valence-electron chi connectivity index (χ0n) is 8.69. The Morgan fingerprint density at radius 3 is 2.88 bits per heavy atom. The van der Waals surface area contributed by atoms with Gasteiger partial charge in [0, 0.05) is 12.1 Å². The molecule has 0 fully saturated rings. The largest absolute Gasteiger partial charge is 0.330 e. The van der Waals surface area contributed by atoms with Crippen molar-refractivity contribution in [3.63, 3.8) is 0 Å². The standard InChI is InChI=1S/C11H12ClN3O/c12-9-3-1-2-4-10(9)15-11(16)7-8(14-15)5-6-13/h1-4H,5-7,13H2. The van der Waals surface area contributed by atoms with Crippen molar-refractivity contribution < 1.29 is 4.79 Å². The lowest BCUT2D eigenvalue weighted by atomic mass is 10.2. The third kappa shape index (κ3) is 2.08. The van der Waals surface area contributed by atoms with Gasteiger partial charge in [0.2, 0.25) is 0 Å². The lowest BCUT2D eigenvalue weighted by Crippen LogP contribution is -2.19. The number of hydrazone groups is 1. The minimum absolute atomic E-state index is 0.0587. The average molecular weight is 238 g/mol. The molecule has 0 saturated carbocycles. The fourth-order valence-corrected chi connectivity index (χ4v) is 1.81. The molecule has 1 heterocycles. The number of nitrogens with zero attached hydrogens (tertiary/aromatic N) is 2. The normalized spacial score (nSPS) is 15.5. The summed E-state index contributed by atoms with van der Waals surface area (Å²) in [6.45, 7) is 0.502. The van der Waals surface area contributed by atoms with E-state index in [-0.39, 0.29) is 5.91 Å². The van der Waals surface area contributed by atoms with Crippen molar-refractivity contribution in [2.75, 3.05) is 11.6 Å². The van der Waals surface area contributed by atoms with E-state index >= 15 is 0 Å². The van der Waals surface area contributed by atoms with E-state index in [1.807, 2.05) is 12.1 Å². The maximum atomic E-state index is 11.7. The Morgan fingerprint density at radius 1 is 1.44 bits per heavy atom. The zero-order chi connectivity index (χ0) is 11.5. The highest BCUT2D eigenvalue weighted by Gasteiger charge is 2.25. The van der Waals surface area contributed by atoms with Crippen LogP contribution in [0.3, 0.4) is 0 Å². The first-order valence-corrected chi connectivity index (χ1v) is 5.44. The van der Waals surface area contributed by atoms with Crippen LogP contribution in [0.2, 0.25) is 5.02 Å². The Bertz CT molecular complexity index is 445. The molecule has 1 aromatic rings. The van der Waals surface area contributed by atoms with Crippen LogP contribution in [0.1, 0.15) is 12.8 Å². The van der Waals surface area contributed by atoms with Crippen LogP contribution in [0.15, 0.2) is 29.4 Å². The summed E-state index contributed by atoms with van der Waals surface area (Å²) in [6, 6.07) is 7.15. The quantitative estimate of drug-likeness (QED) is 0.871. The highest BCUT2D eigenvalue weighted by molar-refractivity contribution is 6.34. The van der Waals surface area contributed by atoms with Crippen LogP contribution < -0.4 is 10.7 Å². The van der Waals surface area contributed by atoms with Gasteiger partial charge in [-0.05, 0) is 18.7 Å². The molecule has 1 aromatic carbocycles. The Morgan fingerprint density at radius 2 is 2.19 bits per heavy atom. The molecule has 0 radical (unpaired) electrons. The molecule has 0 spiro atoms. The molecule has 2 N–H and O–H groups in total. The minimum atomic E-state index is -0.0587. The van der Waals surface area contributed by atoms with E-state index < -0.39 is 0 Å². The third-order valence-corrected chi connectivity index (χ3v) is 2.67. The second-order valence-electron chi connectivity index (χ2n) is 3.54. The summed E-state index contributed by atoms with van der Waals surface area (Å²) in [5.41, 5.74) is 6.87. The van der Waals surface area contributed by atoms with Gasteiger partial charge in [0.25, 0.3) is 5.91 Å². The average Bonchev–Trinajstić information content (AvgIpc) is 2.61. The lowest BCUT2D eigenvalue weighted by Gasteiger charge is -2.12. The molecular weight excluding hydrogens is 226 g/mol. The smallest absolute Gasteiger partial charge is 0.253 e. The number of carbonyl (C=O) groups is 1. The number of anilines is 1. The molecule has 2 rings (SSSR count). The number of carbonyl (C=O) groups excluding carboxylic acids is 1. The minimum Gasteiger partial charge on any atom is -0.330 e. The first kappa shape index (κ1) is 11.1. The first-order valence-electron chi connectivity index (χ1n) is 5.06. The summed E-state index contributed by atoms with van der Waals surface area (Å²) in [5.74, 6) is -0.0587. The van der Waals surface area contributed by atoms with Crippen LogP contribution in [0.25, 0.3) is 0 Å². The molecule has 1 aliphatic heterocycles. The lowest BCUT2D eigenvalue weighted by molar-refractivity contribution is -0.116. The molecule has 84 valence electrons. The van der Waals surface area contributed by atoms with E-state index in [1.165, 1.54) is 5.01 Å². The van der Waals surface area contributed by atoms with Crippen LogP contribution in [0.5, 0.6) is 0 Å². The van der Waals surface area contributed by atoms with Crippen LogP contribution in [0, 0.1) is 0 Å². The van der Waals surface area contributed by atoms with E-state index in [1.54, 1.807) is 12.1 Å². The maximum Gasteiger partial charge on any atom is 0.253 e. The molecular formula is C11H12ClN3O. The van der Waals surface area contributed by atoms with Gasteiger partial charge in [-0.25, -0.2) is 0 Å². The summed E-state index contributed by atoms with van der Waals surface area (Å²) in [4.78, 5) is 11.7. The molecule has 0 bridgehead atoms. The van der Waals surface area contributed by atoms with Gasteiger partial charge >= 0.3 is 0 Å². The number of amides is 1. The van der Waals surface area contributed by atoms with Crippen molar-refractivity contribution in [1.82, 2.24) is 0 Å². The molecule has 4 nitrogen and oxygen atoms in total. The van der Waals surface area contributed by atoms with Crippen molar-refractivity contribution in [3.8, 4) is 0 Å². The van der Waals surface area contributed by atoms with Crippen LogP contribution in [-0.4, -0.2) is 18.2 Å². The van der Waals surface area contributed by atoms with Gasteiger partial charge in [-0.3, -0.25) is 4.79 Å². The zero-order valence-corrected chi connectivity index (χ0v) is 9.44. The van der Waals surface area contributed by atoms with Gasteiger partial charge < -0.3 is 5.73 Å². The second-order valence-corrected chi connectivity index (χ2v) is 3.95. The summed E-state index contributed by atoms with van der Waals surface area (Å²) in [7, 11) is 0. The Balaban J connectivity index is 2.28. The van der Waals surface area contributed by atoms with Crippen molar-refractivity contribution >= 4 is 28.9 Å². The van der Waals surface area contributed by atoms with Gasteiger partial charge in [-0.1, -0.05) is 23.7 Å². The molecule has 0 aromatic heterocycles. The monoisotopic (exact) mass is 237 g/mol. The highest BCUT2D eigenvalue weighted by Crippen LogP contribution is 2.28. The number of halogens is 1. The highest BCUT2D eigenvalue weighted by atomic mass is 35.5. The Hall–Kier alpha value is -1.39. The number of hydrogen-bond donors (Lipinski definition) is 1. The molecule has 1 aliphatic rings. The van der Waals surface area contributed by atoms with E-state index in [0.717, 1.165) is 5.71 Å². The van der Waals surface area contributed by atoms with Gasteiger partial charge in [-0.2, -0.15) is 10.1 Å². The fraction of sp³-hybridized carbons (Fsp3) is 0.273. The predicted octanol–water partition coefficient (Wildman–Crippen LogP) is 1.78. The van der Waals surface area contributed by atoms with Crippen molar-refractivity contribution in [1.29, 1.82) is 0 Å². The molecule has 5 heteroatoms. The van der Waals surface area contributed by atoms with Gasteiger partial charge in [-0.15, -0.1) is 0 Å². The molecule has 0 aliphatic carbocycles. The fourth-order valence-electron chi connectivity index (χ4n) is 1.60. The van der Waals surface area contributed by atoms with Gasteiger partial charge in [0.05, 0.1) is 17.1 Å². The summed E-state index contributed by atoms with van der Waals surface area (Å²) < 4.78 is 0. The van der Waals surface area contributed by atoms with Gasteiger partial charge in [0.1, 0.15) is 0 Å².